The van der Waals surface area contributed by atoms with E-state index in [0.29, 0.717) is 6.54 Å². The van der Waals surface area contributed by atoms with Gasteiger partial charge in [-0.1, -0.05) is 12.1 Å². The highest BCUT2D eigenvalue weighted by Crippen LogP contribution is 2.23. The molecule has 0 amide bonds. The number of ether oxygens (including phenoxy) is 1. The maximum Gasteiger partial charge on any atom is 0.137 e. The van der Waals surface area contributed by atoms with E-state index in [1.54, 1.807) is 7.11 Å². The number of hydrogen-bond acceptors (Lipinski definition) is 4. The maximum absolute atomic E-state index is 9.86. The van der Waals surface area contributed by atoms with E-state index in [-0.39, 0.29) is 12.6 Å². The lowest BCUT2D eigenvalue weighted by Gasteiger charge is -2.26. The minimum Gasteiger partial charge on any atom is -0.497 e. The van der Waals surface area contributed by atoms with Gasteiger partial charge < -0.3 is 14.2 Å². The second kappa shape index (κ2) is 7.03. The van der Waals surface area contributed by atoms with Crippen LogP contribution in [0.5, 0.6) is 5.75 Å². The Bertz CT molecular complexity index is 811. The molecule has 1 aromatic carbocycles. The zero-order valence-electron chi connectivity index (χ0n) is 14.3. The fraction of sp³-hybridized carbons (Fsp3) is 0.316. The molecular formula is C19H23N3O2. The first-order chi connectivity index (χ1) is 11.6. The van der Waals surface area contributed by atoms with Gasteiger partial charge in [-0.15, -0.1) is 0 Å². The summed E-state index contributed by atoms with van der Waals surface area (Å²) in [5, 5.41) is 9.86. The van der Waals surface area contributed by atoms with Gasteiger partial charge in [-0.25, -0.2) is 4.98 Å². The first kappa shape index (κ1) is 16.5. The number of imidazole rings is 1. The number of benzene rings is 1. The number of pyridine rings is 1. The molecule has 0 bridgehead atoms. The van der Waals surface area contributed by atoms with Crippen molar-refractivity contribution in [2.24, 2.45) is 0 Å². The molecule has 0 aliphatic carbocycles. The Hall–Kier alpha value is -2.37. The molecule has 2 aromatic heterocycles. The van der Waals surface area contributed by atoms with E-state index >= 15 is 0 Å². The lowest BCUT2D eigenvalue weighted by Crippen LogP contribution is -2.27. The van der Waals surface area contributed by atoms with Crippen LogP contribution in [0.4, 0.5) is 0 Å². The fourth-order valence-electron chi connectivity index (χ4n) is 2.94. The van der Waals surface area contributed by atoms with Crippen LogP contribution in [0.15, 0.2) is 48.8 Å². The first-order valence-electron chi connectivity index (χ1n) is 8.00. The quantitative estimate of drug-likeness (QED) is 0.757. The summed E-state index contributed by atoms with van der Waals surface area (Å²) in [6.07, 6.45) is 3.94. The number of aliphatic hydroxyl groups is 1. The lowest BCUT2D eigenvalue weighted by molar-refractivity contribution is 0.141. The van der Waals surface area contributed by atoms with E-state index in [1.165, 1.54) is 5.56 Å². The number of aryl methyl sites for hydroxylation is 1. The van der Waals surface area contributed by atoms with E-state index in [9.17, 15) is 5.11 Å². The summed E-state index contributed by atoms with van der Waals surface area (Å²) < 4.78 is 7.29. The highest BCUT2D eigenvalue weighted by molar-refractivity contribution is 5.43. The van der Waals surface area contributed by atoms with Crippen LogP contribution in [0.1, 0.15) is 22.9 Å². The Balaban J connectivity index is 1.81. The Morgan fingerprint density at radius 3 is 2.67 bits per heavy atom. The molecule has 0 saturated heterocycles. The molecule has 5 heteroatoms. The SMILES string of the molecule is COc1ccc(C(CO)N(C)Cc2cnc3cc(C)ccn23)cc1. The third-order valence-corrected chi connectivity index (χ3v) is 4.36. The summed E-state index contributed by atoms with van der Waals surface area (Å²) in [4.78, 5) is 6.60. The minimum absolute atomic E-state index is 0.0542. The molecule has 1 N–H and O–H groups in total. The van der Waals surface area contributed by atoms with E-state index in [0.717, 1.165) is 22.7 Å². The monoisotopic (exact) mass is 325 g/mol. The second-order valence-electron chi connectivity index (χ2n) is 6.07. The second-order valence-corrected chi connectivity index (χ2v) is 6.07. The predicted octanol–water partition coefficient (Wildman–Crippen LogP) is 2.82. The number of hydrogen-bond donors (Lipinski definition) is 1. The Morgan fingerprint density at radius 2 is 2.00 bits per heavy atom. The number of aromatic nitrogens is 2. The van der Waals surface area contributed by atoms with E-state index in [1.807, 2.05) is 43.7 Å². The number of nitrogens with zero attached hydrogens (tertiary/aromatic N) is 3. The molecule has 0 radical (unpaired) electrons. The molecule has 5 nitrogen and oxygen atoms in total. The van der Waals surface area contributed by atoms with Gasteiger partial charge in [0.1, 0.15) is 11.4 Å². The summed E-state index contributed by atoms with van der Waals surface area (Å²) >= 11 is 0. The van der Waals surface area contributed by atoms with Gasteiger partial charge in [-0.2, -0.15) is 0 Å². The van der Waals surface area contributed by atoms with Gasteiger partial charge in [0.15, 0.2) is 0 Å². The summed E-state index contributed by atoms with van der Waals surface area (Å²) in [6.45, 7) is 2.81. The number of aliphatic hydroxyl groups excluding tert-OH is 1. The molecule has 2 heterocycles. The number of rotatable bonds is 6. The molecule has 0 saturated carbocycles. The third kappa shape index (κ3) is 3.27. The van der Waals surface area contributed by atoms with Gasteiger partial charge in [0.25, 0.3) is 0 Å². The van der Waals surface area contributed by atoms with E-state index < -0.39 is 0 Å². The third-order valence-electron chi connectivity index (χ3n) is 4.36. The normalized spacial score (nSPS) is 12.7. The molecule has 3 rings (SSSR count). The fourth-order valence-corrected chi connectivity index (χ4v) is 2.94. The van der Waals surface area contributed by atoms with Gasteiger partial charge in [-0.3, -0.25) is 4.90 Å². The molecule has 0 aliphatic rings. The summed E-state index contributed by atoms with van der Waals surface area (Å²) in [6, 6.07) is 11.9. The van der Waals surface area contributed by atoms with Crippen LogP contribution in [0.2, 0.25) is 0 Å². The topological polar surface area (TPSA) is 50.0 Å². The average molecular weight is 325 g/mol. The molecular weight excluding hydrogens is 302 g/mol. The van der Waals surface area contributed by atoms with Gasteiger partial charge in [0, 0.05) is 12.7 Å². The van der Waals surface area contributed by atoms with Crippen LogP contribution in [0.3, 0.4) is 0 Å². The van der Waals surface area contributed by atoms with Gasteiger partial charge in [0.05, 0.1) is 31.6 Å². The summed E-state index contributed by atoms with van der Waals surface area (Å²) in [5.74, 6) is 0.815. The largest absolute Gasteiger partial charge is 0.497 e. The smallest absolute Gasteiger partial charge is 0.137 e. The van der Waals surface area contributed by atoms with Gasteiger partial charge in [-0.05, 0) is 49.4 Å². The summed E-state index contributed by atoms with van der Waals surface area (Å²) in [7, 11) is 3.66. The average Bonchev–Trinajstić information content (AvgIpc) is 2.98. The molecule has 126 valence electrons. The standard InChI is InChI=1S/C19H23N3O2/c1-14-8-9-22-16(11-20-19(22)10-14)12-21(2)18(13-23)15-4-6-17(24-3)7-5-15/h4-11,18,23H,12-13H2,1-3H3. The Labute approximate surface area is 142 Å². The highest BCUT2D eigenvalue weighted by atomic mass is 16.5. The van der Waals surface area contributed by atoms with Crippen molar-refractivity contribution >= 4 is 5.65 Å². The van der Waals surface area contributed by atoms with Crippen molar-refractivity contribution in [2.75, 3.05) is 20.8 Å². The van der Waals surface area contributed by atoms with Crippen molar-refractivity contribution in [3.8, 4) is 5.75 Å². The lowest BCUT2D eigenvalue weighted by atomic mass is 10.1. The number of methoxy groups -OCH3 is 1. The van der Waals surface area contributed by atoms with Crippen molar-refractivity contribution in [3.63, 3.8) is 0 Å². The van der Waals surface area contributed by atoms with Gasteiger partial charge in [0.2, 0.25) is 0 Å². The summed E-state index contributed by atoms with van der Waals surface area (Å²) in [5.41, 5.74) is 4.30. The van der Waals surface area contributed by atoms with Crippen molar-refractivity contribution in [1.82, 2.24) is 14.3 Å². The van der Waals surface area contributed by atoms with Crippen LogP contribution < -0.4 is 4.74 Å². The van der Waals surface area contributed by atoms with Crippen LogP contribution in [-0.2, 0) is 6.54 Å². The van der Waals surface area contributed by atoms with Crippen LogP contribution >= 0.6 is 0 Å². The molecule has 1 atom stereocenters. The van der Waals surface area contributed by atoms with E-state index in [4.69, 9.17) is 4.74 Å². The van der Waals surface area contributed by atoms with Crippen molar-refractivity contribution in [3.05, 3.63) is 65.6 Å². The van der Waals surface area contributed by atoms with Gasteiger partial charge >= 0.3 is 0 Å². The van der Waals surface area contributed by atoms with Crippen molar-refractivity contribution in [2.45, 2.75) is 19.5 Å². The molecule has 1 unspecified atom stereocenters. The predicted molar refractivity (Wildman–Crippen MR) is 94.2 cm³/mol. The van der Waals surface area contributed by atoms with Crippen LogP contribution in [0.25, 0.3) is 5.65 Å². The minimum atomic E-state index is -0.0769. The molecule has 0 fully saturated rings. The molecule has 24 heavy (non-hydrogen) atoms. The van der Waals surface area contributed by atoms with E-state index in [2.05, 4.69) is 33.3 Å². The first-order valence-corrected chi connectivity index (χ1v) is 8.00. The number of fused-ring (bicyclic) bond motifs is 1. The Kier molecular flexibility index (Phi) is 4.83. The zero-order chi connectivity index (χ0) is 17.1. The number of likely N-dealkylation sites (N-methyl/N-ethyl adjacent to an activating group) is 1. The maximum atomic E-state index is 9.86. The highest BCUT2D eigenvalue weighted by Gasteiger charge is 2.18. The van der Waals surface area contributed by atoms with Crippen molar-refractivity contribution in [1.29, 1.82) is 0 Å². The molecule has 0 aliphatic heterocycles. The molecule has 0 spiro atoms. The van der Waals surface area contributed by atoms with Crippen molar-refractivity contribution < 1.29 is 9.84 Å². The van der Waals surface area contributed by atoms with Crippen LogP contribution in [0, 0.1) is 6.92 Å². The van der Waals surface area contributed by atoms with Crippen LogP contribution in [-0.4, -0.2) is 40.2 Å². The Morgan fingerprint density at radius 1 is 1.25 bits per heavy atom. The zero-order valence-corrected chi connectivity index (χ0v) is 14.3. The molecule has 3 aromatic rings.